The molecule has 5 rings (SSSR count). The second-order valence-corrected chi connectivity index (χ2v) is 10.3. The van der Waals surface area contributed by atoms with Crippen LogP contribution in [0, 0.1) is 6.92 Å². The largest absolute Gasteiger partial charge is 0.367 e. The van der Waals surface area contributed by atoms with Crippen LogP contribution in [0.3, 0.4) is 0 Å². The van der Waals surface area contributed by atoms with Crippen LogP contribution in [0.25, 0.3) is 22.0 Å². The lowest BCUT2D eigenvalue weighted by molar-refractivity contribution is 0.329. The molecule has 3 heterocycles. The first-order valence-electron chi connectivity index (χ1n) is 10.9. The van der Waals surface area contributed by atoms with Gasteiger partial charge in [0.1, 0.15) is 5.82 Å². The molecule has 1 fully saturated rings. The number of benzene rings is 2. The second-order valence-electron chi connectivity index (χ2n) is 8.35. The Morgan fingerprint density at radius 1 is 0.969 bits per heavy atom. The first-order valence-corrected chi connectivity index (χ1v) is 12.3. The van der Waals surface area contributed by atoms with E-state index in [1.807, 2.05) is 61.8 Å². The number of nitrogens with zero attached hydrogens (tertiary/aromatic N) is 2. The summed E-state index contributed by atoms with van der Waals surface area (Å²) in [5.74, 6) is 0.838. The highest BCUT2D eigenvalue weighted by atomic mass is 32.2. The third kappa shape index (κ3) is 4.13. The Labute approximate surface area is 188 Å². The first-order chi connectivity index (χ1) is 15.5. The second kappa shape index (κ2) is 8.41. The maximum absolute atomic E-state index is 13.2. The molecule has 1 aliphatic rings. The van der Waals surface area contributed by atoms with Gasteiger partial charge in [0.05, 0.1) is 4.90 Å². The van der Waals surface area contributed by atoms with Crippen molar-refractivity contribution in [3.05, 3.63) is 78.6 Å². The molecule has 2 aromatic heterocycles. The maximum Gasteiger partial charge on any atom is 0.243 e. The zero-order chi connectivity index (χ0) is 22.1. The monoisotopic (exact) mass is 446 g/mol. The molecule has 0 spiro atoms. The maximum atomic E-state index is 13.2. The van der Waals surface area contributed by atoms with E-state index in [2.05, 4.69) is 21.4 Å². The summed E-state index contributed by atoms with van der Waals surface area (Å²) in [7, 11) is -3.50. The zero-order valence-corrected chi connectivity index (χ0v) is 18.8. The molecule has 4 aromatic rings. The molecule has 0 unspecified atom stereocenters. The van der Waals surface area contributed by atoms with Gasteiger partial charge < -0.3 is 10.3 Å². The lowest BCUT2D eigenvalue weighted by Gasteiger charge is -2.32. The van der Waals surface area contributed by atoms with Gasteiger partial charge in [-0.05, 0) is 78.2 Å². The van der Waals surface area contributed by atoms with Gasteiger partial charge in [-0.15, -0.1) is 0 Å². The highest BCUT2D eigenvalue weighted by molar-refractivity contribution is 7.89. The Balaban J connectivity index is 1.26. The average molecular weight is 447 g/mol. The van der Waals surface area contributed by atoms with Crippen molar-refractivity contribution in [1.29, 1.82) is 0 Å². The first kappa shape index (κ1) is 20.7. The molecular formula is C25H26N4O2S. The van der Waals surface area contributed by atoms with E-state index in [1.165, 1.54) is 0 Å². The summed E-state index contributed by atoms with van der Waals surface area (Å²) in [6.45, 7) is 3.00. The van der Waals surface area contributed by atoms with Crippen LogP contribution in [0.4, 0.5) is 5.82 Å². The van der Waals surface area contributed by atoms with E-state index in [9.17, 15) is 8.42 Å². The summed E-state index contributed by atoms with van der Waals surface area (Å²) in [5.41, 5.74) is 4.27. The van der Waals surface area contributed by atoms with Crippen LogP contribution in [-0.4, -0.2) is 41.8 Å². The number of hydrogen-bond acceptors (Lipinski definition) is 4. The van der Waals surface area contributed by atoms with Gasteiger partial charge in [0.15, 0.2) is 0 Å². The summed E-state index contributed by atoms with van der Waals surface area (Å²) in [6.07, 6.45) is 5.26. The van der Waals surface area contributed by atoms with Crippen LogP contribution in [0.1, 0.15) is 18.4 Å². The molecule has 0 saturated carbocycles. The Morgan fingerprint density at radius 3 is 2.44 bits per heavy atom. The molecule has 0 bridgehead atoms. The predicted octanol–water partition coefficient (Wildman–Crippen LogP) is 4.80. The van der Waals surface area contributed by atoms with Crippen LogP contribution in [0.15, 0.2) is 78.0 Å². The van der Waals surface area contributed by atoms with Crippen molar-refractivity contribution in [2.24, 2.45) is 0 Å². The number of anilines is 1. The number of nitrogens with one attached hydrogen (secondary N) is 2. The molecule has 1 saturated heterocycles. The topological polar surface area (TPSA) is 78.1 Å². The van der Waals surface area contributed by atoms with Crippen LogP contribution >= 0.6 is 0 Å². The predicted molar refractivity (Wildman–Crippen MR) is 128 cm³/mol. The Kier molecular flexibility index (Phi) is 5.45. The lowest BCUT2D eigenvalue weighted by Crippen LogP contribution is -2.42. The SMILES string of the molecule is Cc1ccc(NC2CCN(S(=O)(=O)c3ccc(-c4ccc5[nH]ccc5c4)cc3)CC2)nc1. The third-order valence-corrected chi connectivity index (χ3v) is 8.01. The molecular weight excluding hydrogens is 420 g/mol. The fourth-order valence-electron chi connectivity index (χ4n) is 4.20. The van der Waals surface area contributed by atoms with E-state index in [0.717, 1.165) is 46.3 Å². The van der Waals surface area contributed by atoms with Crippen molar-refractivity contribution in [2.45, 2.75) is 30.7 Å². The van der Waals surface area contributed by atoms with Gasteiger partial charge in [0.2, 0.25) is 10.0 Å². The van der Waals surface area contributed by atoms with Crippen molar-refractivity contribution in [3.63, 3.8) is 0 Å². The van der Waals surface area contributed by atoms with Crippen molar-refractivity contribution in [1.82, 2.24) is 14.3 Å². The van der Waals surface area contributed by atoms with Crippen molar-refractivity contribution in [2.75, 3.05) is 18.4 Å². The van der Waals surface area contributed by atoms with Gasteiger partial charge in [-0.2, -0.15) is 4.31 Å². The molecule has 2 aromatic carbocycles. The number of piperidine rings is 1. The molecule has 0 atom stereocenters. The number of pyridine rings is 1. The number of aromatic amines is 1. The Morgan fingerprint density at radius 2 is 1.72 bits per heavy atom. The number of fused-ring (bicyclic) bond motifs is 1. The fourth-order valence-corrected chi connectivity index (χ4v) is 5.67. The summed E-state index contributed by atoms with van der Waals surface area (Å²) in [5, 5.41) is 4.56. The highest BCUT2D eigenvalue weighted by Crippen LogP contribution is 2.27. The molecule has 0 aliphatic carbocycles. The Hall–Kier alpha value is -3.16. The highest BCUT2D eigenvalue weighted by Gasteiger charge is 2.29. The molecule has 0 radical (unpaired) electrons. The number of aromatic nitrogens is 2. The van der Waals surface area contributed by atoms with Crippen molar-refractivity contribution >= 4 is 26.7 Å². The van der Waals surface area contributed by atoms with Gasteiger partial charge in [-0.1, -0.05) is 24.3 Å². The van der Waals surface area contributed by atoms with Crippen LogP contribution in [0.2, 0.25) is 0 Å². The zero-order valence-electron chi connectivity index (χ0n) is 18.0. The van der Waals surface area contributed by atoms with Crippen LogP contribution < -0.4 is 5.32 Å². The van der Waals surface area contributed by atoms with Crippen molar-refractivity contribution < 1.29 is 8.42 Å². The van der Waals surface area contributed by atoms with Gasteiger partial charge >= 0.3 is 0 Å². The quantitative estimate of drug-likeness (QED) is 0.461. The smallest absolute Gasteiger partial charge is 0.243 e. The molecule has 7 heteroatoms. The van der Waals surface area contributed by atoms with Gasteiger partial charge in [-0.25, -0.2) is 13.4 Å². The average Bonchev–Trinajstić information content (AvgIpc) is 3.29. The Bertz CT molecular complexity index is 1320. The lowest BCUT2D eigenvalue weighted by atomic mass is 10.0. The minimum atomic E-state index is -3.50. The van der Waals surface area contributed by atoms with Gasteiger partial charge in [-0.3, -0.25) is 0 Å². The third-order valence-electron chi connectivity index (χ3n) is 6.10. The van der Waals surface area contributed by atoms with E-state index in [0.29, 0.717) is 18.0 Å². The van der Waals surface area contributed by atoms with Crippen molar-refractivity contribution in [3.8, 4) is 11.1 Å². The molecule has 32 heavy (non-hydrogen) atoms. The van der Waals surface area contributed by atoms with E-state index >= 15 is 0 Å². The summed E-state index contributed by atoms with van der Waals surface area (Å²) < 4.78 is 27.9. The summed E-state index contributed by atoms with van der Waals surface area (Å²) >= 11 is 0. The molecule has 2 N–H and O–H groups in total. The molecule has 1 aliphatic heterocycles. The van der Waals surface area contributed by atoms with E-state index in [4.69, 9.17) is 0 Å². The standard InChI is InChI=1S/C25H26N4O2S/c1-18-2-9-25(27-17-18)28-22-11-14-29(15-12-22)32(30,31)23-6-3-19(4-7-23)20-5-8-24-21(16-20)10-13-26-24/h2-10,13,16-17,22,26H,11-12,14-15H2,1H3,(H,27,28). The summed E-state index contributed by atoms with van der Waals surface area (Å²) in [6, 6.07) is 19.6. The number of rotatable bonds is 5. The van der Waals surface area contributed by atoms with Crippen LogP contribution in [-0.2, 0) is 10.0 Å². The van der Waals surface area contributed by atoms with Crippen LogP contribution in [0.5, 0.6) is 0 Å². The van der Waals surface area contributed by atoms with Gasteiger partial charge in [0, 0.05) is 37.0 Å². The molecule has 164 valence electrons. The minimum absolute atomic E-state index is 0.224. The number of sulfonamides is 1. The summed E-state index contributed by atoms with van der Waals surface area (Å²) in [4.78, 5) is 7.92. The minimum Gasteiger partial charge on any atom is -0.367 e. The van der Waals surface area contributed by atoms with E-state index in [-0.39, 0.29) is 6.04 Å². The molecule has 0 amide bonds. The fraction of sp³-hybridized carbons (Fsp3) is 0.240. The van der Waals surface area contributed by atoms with E-state index in [1.54, 1.807) is 16.4 Å². The number of H-pyrrole nitrogens is 1. The number of hydrogen-bond donors (Lipinski definition) is 2. The molecule has 6 nitrogen and oxygen atoms in total. The van der Waals surface area contributed by atoms with E-state index < -0.39 is 10.0 Å². The number of aryl methyl sites for hydroxylation is 1. The van der Waals surface area contributed by atoms with Gasteiger partial charge in [0.25, 0.3) is 0 Å². The normalized spacial score (nSPS) is 15.8.